The minimum atomic E-state index is 0.634. The van der Waals surface area contributed by atoms with Crippen LogP contribution < -0.4 is 4.74 Å². The molecule has 0 aliphatic carbocycles. The quantitative estimate of drug-likeness (QED) is 0.512. The molecule has 0 spiro atoms. The van der Waals surface area contributed by atoms with Gasteiger partial charge in [0.1, 0.15) is 11.3 Å². The van der Waals surface area contributed by atoms with Crippen molar-refractivity contribution >= 4 is 33.8 Å². The van der Waals surface area contributed by atoms with E-state index in [1.165, 1.54) is 0 Å². The van der Waals surface area contributed by atoms with Crippen LogP contribution >= 0.6 is 11.8 Å². The van der Waals surface area contributed by atoms with Crippen molar-refractivity contribution in [1.29, 1.82) is 0 Å². The number of ether oxygens (including phenoxy) is 1. The normalized spacial score (nSPS) is 11.3. The number of hydrogen-bond acceptors (Lipinski definition) is 6. The summed E-state index contributed by atoms with van der Waals surface area (Å²) in [6.45, 7) is 2.61. The van der Waals surface area contributed by atoms with Crippen molar-refractivity contribution in [3.05, 3.63) is 48.3 Å². The van der Waals surface area contributed by atoms with Gasteiger partial charge < -0.3 is 9.30 Å². The van der Waals surface area contributed by atoms with Gasteiger partial charge >= 0.3 is 0 Å². The summed E-state index contributed by atoms with van der Waals surface area (Å²) in [5.41, 5.74) is 3.82. The Morgan fingerprint density at radius 1 is 1.20 bits per heavy atom. The molecule has 4 aromatic rings. The Kier molecular flexibility index (Phi) is 4.23. The number of rotatable bonds is 5. The largest absolute Gasteiger partial charge is 0.494 e. The second-order valence-corrected chi connectivity index (χ2v) is 6.53. The van der Waals surface area contributed by atoms with Crippen molar-refractivity contribution < 1.29 is 4.74 Å². The maximum absolute atomic E-state index is 5.60. The molecule has 3 aromatic heterocycles. The lowest BCUT2D eigenvalue weighted by atomic mass is 10.2. The predicted octanol–water partition coefficient (Wildman–Crippen LogP) is 3.60. The number of aromatic nitrogens is 5. The minimum Gasteiger partial charge on any atom is -0.494 e. The van der Waals surface area contributed by atoms with Gasteiger partial charge in [-0.1, -0.05) is 17.8 Å². The topological polar surface area (TPSA) is 65.7 Å². The molecule has 7 heteroatoms. The molecular weight excluding hydrogens is 334 g/mol. The molecule has 0 N–H and O–H groups in total. The van der Waals surface area contributed by atoms with Crippen LogP contribution in [0.5, 0.6) is 5.75 Å². The maximum atomic E-state index is 5.60. The Hall–Kier alpha value is -2.67. The highest BCUT2D eigenvalue weighted by Crippen LogP contribution is 2.29. The van der Waals surface area contributed by atoms with Gasteiger partial charge in [0.25, 0.3) is 0 Å². The molecule has 0 saturated heterocycles. The average molecular weight is 351 g/mol. The summed E-state index contributed by atoms with van der Waals surface area (Å²) in [7, 11) is 2.00. The van der Waals surface area contributed by atoms with Crippen molar-refractivity contribution in [3.8, 4) is 5.75 Å². The first kappa shape index (κ1) is 15.8. The summed E-state index contributed by atoms with van der Waals surface area (Å²) >= 11 is 1.56. The molecule has 6 nitrogen and oxygen atoms in total. The number of benzene rings is 1. The molecule has 4 rings (SSSR count). The van der Waals surface area contributed by atoms with E-state index < -0.39 is 0 Å². The Labute approximate surface area is 149 Å². The molecule has 126 valence electrons. The third-order valence-corrected chi connectivity index (χ3v) is 4.86. The third kappa shape index (κ3) is 3.02. The summed E-state index contributed by atoms with van der Waals surface area (Å²) in [5, 5.41) is 10.4. The monoisotopic (exact) mass is 351 g/mol. The molecule has 0 fully saturated rings. The predicted molar refractivity (Wildman–Crippen MR) is 98.8 cm³/mol. The van der Waals surface area contributed by atoms with E-state index in [2.05, 4.69) is 15.2 Å². The lowest BCUT2D eigenvalue weighted by molar-refractivity contribution is 0.341. The second-order valence-electron chi connectivity index (χ2n) is 5.59. The van der Waals surface area contributed by atoms with Crippen LogP contribution in [0.1, 0.15) is 12.5 Å². The van der Waals surface area contributed by atoms with E-state index in [-0.39, 0.29) is 0 Å². The van der Waals surface area contributed by atoms with Crippen LogP contribution in [0.25, 0.3) is 22.1 Å². The van der Waals surface area contributed by atoms with Crippen LogP contribution in [0.2, 0.25) is 0 Å². The van der Waals surface area contributed by atoms with Gasteiger partial charge in [0, 0.05) is 30.6 Å². The molecule has 0 aliphatic rings. The molecule has 0 aliphatic heterocycles. The van der Waals surface area contributed by atoms with Gasteiger partial charge in [-0.05, 0) is 36.8 Å². The van der Waals surface area contributed by atoms with E-state index in [1.54, 1.807) is 18.0 Å². The van der Waals surface area contributed by atoms with Crippen molar-refractivity contribution in [2.24, 2.45) is 7.05 Å². The molecule has 0 radical (unpaired) electrons. The molecule has 1 aromatic carbocycles. The fourth-order valence-corrected chi connectivity index (χ4v) is 3.49. The number of pyridine rings is 1. The minimum absolute atomic E-state index is 0.634. The SMILES string of the molecule is CCOc1ccc2c(c1)c1nnc(SCc3cccnc3)nc1n2C. The molecule has 0 atom stereocenters. The molecular formula is C18H17N5OS. The number of nitrogens with zero attached hydrogens (tertiary/aromatic N) is 5. The highest BCUT2D eigenvalue weighted by atomic mass is 32.2. The van der Waals surface area contributed by atoms with E-state index >= 15 is 0 Å². The molecule has 0 bridgehead atoms. The number of hydrogen-bond donors (Lipinski definition) is 0. The number of fused-ring (bicyclic) bond motifs is 3. The zero-order valence-corrected chi connectivity index (χ0v) is 14.8. The van der Waals surface area contributed by atoms with Crippen LogP contribution in [0.15, 0.2) is 47.9 Å². The Bertz CT molecular complexity index is 1030. The number of thioether (sulfide) groups is 1. The van der Waals surface area contributed by atoms with Crippen molar-refractivity contribution in [2.75, 3.05) is 6.61 Å². The summed E-state index contributed by atoms with van der Waals surface area (Å²) < 4.78 is 7.64. The molecule has 0 saturated carbocycles. The Morgan fingerprint density at radius 2 is 2.12 bits per heavy atom. The first-order valence-electron chi connectivity index (χ1n) is 8.03. The summed E-state index contributed by atoms with van der Waals surface area (Å²) in [4.78, 5) is 8.82. The van der Waals surface area contributed by atoms with E-state index in [0.29, 0.717) is 11.8 Å². The molecule has 3 heterocycles. The van der Waals surface area contributed by atoms with Gasteiger partial charge in [0.2, 0.25) is 5.16 Å². The molecule has 0 unspecified atom stereocenters. The van der Waals surface area contributed by atoms with Crippen molar-refractivity contribution in [3.63, 3.8) is 0 Å². The van der Waals surface area contributed by atoms with Crippen LogP contribution in [0, 0.1) is 0 Å². The van der Waals surface area contributed by atoms with Gasteiger partial charge in [-0.3, -0.25) is 4.98 Å². The standard InChI is InChI=1S/C18H17N5OS/c1-3-24-13-6-7-15-14(9-13)16-17(23(15)2)20-18(22-21-16)25-11-12-5-4-8-19-10-12/h4-10H,3,11H2,1-2H3. The Balaban J connectivity index is 1.70. The van der Waals surface area contributed by atoms with E-state index in [1.807, 2.05) is 55.1 Å². The first-order chi connectivity index (χ1) is 12.3. The number of aryl methyl sites for hydroxylation is 1. The van der Waals surface area contributed by atoms with Gasteiger partial charge in [-0.2, -0.15) is 0 Å². The van der Waals surface area contributed by atoms with Crippen molar-refractivity contribution in [1.82, 2.24) is 24.7 Å². The molecule has 25 heavy (non-hydrogen) atoms. The summed E-state index contributed by atoms with van der Waals surface area (Å²) in [6.07, 6.45) is 3.62. The van der Waals surface area contributed by atoms with Crippen LogP contribution in [0.4, 0.5) is 0 Å². The van der Waals surface area contributed by atoms with Gasteiger partial charge in [-0.15, -0.1) is 10.2 Å². The van der Waals surface area contributed by atoms with Crippen LogP contribution in [-0.2, 0) is 12.8 Å². The zero-order valence-electron chi connectivity index (χ0n) is 14.0. The van der Waals surface area contributed by atoms with E-state index in [0.717, 1.165) is 39.1 Å². The zero-order chi connectivity index (χ0) is 17.2. The van der Waals surface area contributed by atoms with Gasteiger partial charge in [0.05, 0.1) is 12.1 Å². The second kappa shape index (κ2) is 6.68. The lowest BCUT2D eigenvalue weighted by Crippen LogP contribution is -1.96. The van der Waals surface area contributed by atoms with E-state index in [4.69, 9.17) is 9.72 Å². The maximum Gasteiger partial charge on any atom is 0.211 e. The van der Waals surface area contributed by atoms with Crippen molar-refractivity contribution in [2.45, 2.75) is 17.8 Å². The lowest BCUT2D eigenvalue weighted by Gasteiger charge is -2.02. The highest BCUT2D eigenvalue weighted by Gasteiger charge is 2.14. The fourth-order valence-electron chi connectivity index (χ4n) is 2.77. The highest BCUT2D eigenvalue weighted by molar-refractivity contribution is 7.98. The van der Waals surface area contributed by atoms with E-state index in [9.17, 15) is 0 Å². The summed E-state index contributed by atoms with van der Waals surface area (Å²) in [5.74, 6) is 1.60. The van der Waals surface area contributed by atoms with Crippen LogP contribution in [0.3, 0.4) is 0 Å². The van der Waals surface area contributed by atoms with Crippen LogP contribution in [-0.4, -0.2) is 31.3 Å². The fraction of sp³-hybridized carbons (Fsp3) is 0.222. The molecule has 0 amide bonds. The average Bonchev–Trinajstić information content (AvgIpc) is 2.93. The summed E-state index contributed by atoms with van der Waals surface area (Å²) in [6, 6.07) is 9.97. The Morgan fingerprint density at radius 3 is 2.92 bits per heavy atom. The van der Waals surface area contributed by atoms with Gasteiger partial charge in [-0.25, -0.2) is 4.98 Å². The smallest absolute Gasteiger partial charge is 0.211 e. The first-order valence-corrected chi connectivity index (χ1v) is 9.02. The van der Waals surface area contributed by atoms with Gasteiger partial charge in [0.15, 0.2) is 5.65 Å². The third-order valence-electron chi connectivity index (χ3n) is 3.95.